The van der Waals surface area contributed by atoms with Gasteiger partial charge in [0.1, 0.15) is 0 Å². The van der Waals surface area contributed by atoms with Crippen LogP contribution in [0.3, 0.4) is 0 Å². The van der Waals surface area contributed by atoms with Gasteiger partial charge in [0.15, 0.2) is 5.92 Å². The molecule has 0 aliphatic carbocycles. The Hall–Kier alpha value is -1.61. The van der Waals surface area contributed by atoms with E-state index in [9.17, 15) is 13.2 Å². The van der Waals surface area contributed by atoms with E-state index in [0.29, 0.717) is 13.1 Å². The van der Waals surface area contributed by atoms with Crippen molar-refractivity contribution in [3.05, 3.63) is 30.1 Å². The third kappa shape index (κ3) is 4.34. The second-order valence-electron chi connectivity index (χ2n) is 3.91. The molecular weight excluding hydrogens is 243 g/mol. The highest BCUT2D eigenvalue weighted by molar-refractivity contribution is 5.09. The molecule has 6 heteroatoms. The molecule has 3 nitrogen and oxygen atoms in total. The summed E-state index contributed by atoms with van der Waals surface area (Å²) >= 11 is 0. The molecule has 1 aromatic rings. The molecule has 1 heterocycles. The summed E-state index contributed by atoms with van der Waals surface area (Å²) in [6.07, 6.45) is -1.29. The van der Waals surface area contributed by atoms with Gasteiger partial charge in [-0.15, -0.1) is 0 Å². The molecular formula is C12H14F3N3. The van der Waals surface area contributed by atoms with Gasteiger partial charge in [-0.1, -0.05) is 6.92 Å². The maximum atomic E-state index is 12.5. The number of aromatic nitrogens is 1. The first-order valence-electron chi connectivity index (χ1n) is 5.55. The minimum Gasteiger partial charge on any atom is -0.298 e. The number of pyridine rings is 1. The molecule has 1 rings (SSSR count). The zero-order valence-corrected chi connectivity index (χ0v) is 9.98. The van der Waals surface area contributed by atoms with Crippen LogP contribution in [0.15, 0.2) is 24.5 Å². The van der Waals surface area contributed by atoms with Crippen LogP contribution in [0.1, 0.15) is 12.5 Å². The molecule has 1 unspecified atom stereocenters. The van der Waals surface area contributed by atoms with E-state index in [1.54, 1.807) is 36.4 Å². The van der Waals surface area contributed by atoms with Crippen LogP contribution in [0.4, 0.5) is 13.2 Å². The Labute approximate surface area is 104 Å². The fraction of sp³-hybridized carbons (Fsp3) is 0.500. The highest BCUT2D eigenvalue weighted by Gasteiger charge is 2.40. The molecule has 0 fully saturated rings. The van der Waals surface area contributed by atoms with Crippen molar-refractivity contribution >= 4 is 0 Å². The van der Waals surface area contributed by atoms with Crippen LogP contribution >= 0.6 is 0 Å². The van der Waals surface area contributed by atoms with E-state index in [1.165, 1.54) is 6.07 Å². The summed E-state index contributed by atoms with van der Waals surface area (Å²) in [5.41, 5.74) is 0.880. The first-order chi connectivity index (χ1) is 8.47. The van der Waals surface area contributed by atoms with Gasteiger partial charge in [-0.2, -0.15) is 18.4 Å². The molecule has 0 aliphatic heterocycles. The lowest BCUT2D eigenvalue weighted by Gasteiger charge is -2.24. The highest BCUT2D eigenvalue weighted by atomic mass is 19.4. The van der Waals surface area contributed by atoms with E-state index in [4.69, 9.17) is 5.26 Å². The van der Waals surface area contributed by atoms with E-state index >= 15 is 0 Å². The van der Waals surface area contributed by atoms with Gasteiger partial charge >= 0.3 is 6.18 Å². The Balaban J connectivity index is 2.65. The van der Waals surface area contributed by atoms with E-state index in [0.717, 1.165) is 5.56 Å². The summed E-state index contributed by atoms with van der Waals surface area (Å²) < 4.78 is 37.5. The highest BCUT2D eigenvalue weighted by Crippen LogP contribution is 2.26. The molecule has 0 aromatic carbocycles. The summed E-state index contributed by atoms with van der Waals surface area (Å²) in [5.74, 6) is -1.95. The van der Waals surface area contributed by atoms with Crippen molar-refractivity contribution in [1.29, 1.82) is 5.26 Å². The first-order valence-corrected chi connectivity index (χ1v) is 5.55. The number of nitriles is 1. The van der Waals surface area contributed by atoms with Crippen molar-refractivity contribution in [1.82, 2.24) is 9.88 Å². The quantitative estimate of drug-likeness (QED) is 0.814. The minimum absolute atomic E-state index is 0.307. The molecule has 0 aliphatic rings. The molecule has 0 saturated carbocycles. The van der Waals surface area contributed by atoms with Crippen LogP contribution < -0.4 is 0 Å². The Morgan fingerprint density at radius 1 is 1.39 bits per heavy atom. The van der Waals surface area contributed by atoms with Gasteiger partial charge in [0.2, 0.25) is 0 Å². The molecule has 0 radical (unpaired) electrons. The molecule has 0 bridgehead atoms. The Morgan fingerprint density at radius 3 is 2.44 bits per heavy atom. The fourth-order valence-electron chi connectivity index (χ4n) is 1.53. The normalized spacial score (nSPS) is 13.3. The van der Waals surface area contributed by atoms with Gasteiger partial charge in [0.25, 0.3) is 0 Å². The van der Waals surface area contributed by atoms with Crippen molar-refractivity contribution in [2.45, 2.75) is 19.6 Å². The molecule has 18 heavy (non-hydrogen) atoms. The van der Waals surface area contributed by atoms with Crippen LogP contribution in [0.5, 0.6) is 0 Å². The maximum absolute atomic E-state index is 12.5. The second-order valence-corrected chi connectivity index (χ2v) is 3.91. The number of halogens is 3. The fourth-order valence-corrected chi connectivity index (χ4v) is 1.53. The number of nitrogens with zero attached hydrogens (tertiary/aromatic N) is 3. The van der Waals surface area contributed by atoms with Crippen LogP contribution in [0, 0.1) is 17.2 Å². The molecule has 98 valence electrons. The van der Waals surface area contributed by atoms with Crippen molar-refractivity contribution in [3.63, 3.8) is 0 Å². The second kappa shape index (κ2) is 6.36. The van der Waals surface area contributed by atoms with Gasteiger partial charge in [-0.05, 0) is 24.2 Å². The zero-order valence-electron chi connectivity index (χ0n) is 9.98. The van der Waals surface area contributed by atoms with Crippen molar-refractivity contribution in [2.75, 3.05) is 13.1 Å². The minimum atomic E-state index is -4.47. The molecule has 0 saturated heterocycles. The van der Waals surface area contributed by atoms with Gasteiger partial charge in [0.05, 0.1) is 6.07 Å². The molecule has 1 atom stereocenters. The number of alkyl halides is 3. The van der Waals surface area contributed by atoms with E-state index in [-0.39, 0.29) is 6.54 Å². The standard InChI is InChI=1S/C12H14F3N3/c1-2-18(8-10-3-5-17-6-4-10)9-11(7-16)12(13,14)15/h3-6,11H,2,8-9H2,1H3. The lowest BCUT2D eigenvalue weighted by atomic mass is 10.1. The Morgan fingerprint density at radius 2 is 2.00 bits per heavy atom. The van der Waals surface area contributed by atoms with Gasteiger partial charge in [-0.25, -0.2) is 0 Å². The summed E-state index contributed by atoms with van der Waals surface area (Å²) in [6, 6.07) is 4.81. The monoisotopic (exact) mass is 257 g/mol. The summed E-state index contributed by atoms with van der Waals surface area (Å²) in [7, 11) is 0. The van der Waals surface area contributed by atoms with Crippen molar-refractivity contribution in [3.8, 4) is 6.07 Å². The topological polar surface area (TPSA) is 39.9 Å². The van der Waals surface area contributed by atoms with Gasteiger partial charge in [0, 0.05) is 25.5 Å². The van der Waals surface area contributed by atoms with E-state index < -0.39 is 12.1 Å². The van der Waals surface area contributed by atoms with Crippen molar-refractivity contribution in [2.24, 2.45) is 5.92 Å². The average molecular weight is 257 g/mol. The van der Waals surface area contributed by atoms with Crippen LogP contribution in [0.2, 0.25) is 0 Å². The number of hydrogen-bond donors (Lipinski definition) is 0. The summed E-state index contributed by atoms with van der Waals surface area (Å²) in [4.78, 5) is 5.44. The van der Waals surface area contributed by atoms with Crippen molar-refractivity contribution < 1.29 is 13.2 Å². The smallest absolute Gasteiger partial charge is 0.298 e. The van der Waals surface area contributed by atoms with Crippen LogP contribution in [-0.4, -0.2) is 29.1 Å². The first kappa shape index (κ1) is 14.5. The average Bonchev–Trinajstić information content (AvgIpc) is 2.34. The molecule has 0 spiro atoms. The lowest BCUT2D eigenvalue weighted by molar-refractivity contribution is -0.163. The Bertz CT molecular complexity index is 397. The number of hydrogen-bond acceptors (Lipinski definition) is 3. The lowest BCUT2D eigenvalue weighted by Crippen LogP contribution is -2.35. The third-order valence-electron chi connectivity index (χ3n) is 2.59. The molecule has 1 aromatic heterocycles. The summed E-state index contributed by atoms with van der Waals surface area (Å²) in [5, 5.41) is 8.57. The predicted octanol–water partition coefficient (Wildman–Crippen LogP) is 2.61. The largest absolute Gasteiger partial charge is 0.405 e. The van der Waals surface area contributed by atoms with E-state index in [1.807, 2.05) is 0 Å². The number of rotatable bonds is 5. The SMILES string of the molecule is CCN(Cc1ccncc1)CC(C#N)C(F)(F)F. The Kier molecular flexibility index (Phi) is 5.10. The zero-order chi connectivity index (χ0) is 13.6. The molecule has 0 N–H and O–H groups in total. The third-order valence-corrected chi connectivity index (χ3v) is 2.59. The van der Waals surface area contributed by atoms with Crippen LogP contribution in [-0.2, 0) is 6.54 Å². The summed E-state index contributed by atoms with van der Waals surface area (Å²) in [6.45, 7) is 2.30. The van der Waals surface area contributed by atoms with E-state index in [2.05, 4.69) is 4.98 Å². The predicted molar refractivity (Wildman–Crippen MR) is 60.3 cm³/mol. The van der Waals surface area contributed by atoms with Gasteiger partial charge < -0.3 is 0 Å². The van der Waals surface area contributed by atoms with Crippen LogP contribution in [0.25, 0.3) is 0 Å². The molecule has 0 amide bonds. The van der Waals surface area contributed by atoms with Gasteiger partial charge in [-0.3, -0.25) is 9.88 Å². The maximum Gasteiger partial charge on any atom is 0.405 e.